The monoisotopic (exact) mass is 420 g/mol. The number of hydrogen-bond acceptors (Lipinski definition) is 6. The standard InChI is InChI=1S/C23H24N4O4/c1-22(2,25-20(28)17-10-7-12-27-13-11-24-19(17)27)18-15-23(31-26-18,21(29)30-3)14-16-8-5-4-6-9-16/h4-13H,14-15H2,1-3H3,(H,25,28). The summed E-state index contributed by atoms with van der Waals surface area (Å²) in [5, 5.41) is 7.21. The Morgan fingerprint density at radius 2 is 1.97 bits per heavy atom. The Morgan fingerprint density at radius 1 is 1.19 bits per heavy atom. The Hall–Kier alpha value is -3.68. The fraction of sp³-hybridized carbons (Fsp3) is 0.304. The molecule has 1 unspecified atom stereocenters. The van der Waals surface area contributed by atoms with Crippen LogP contribution in [-0.2, 0) is 20.8 Å². The van der Waals surface area contributed by atoms with E-state index < -0.39 is 17.1 Å². The van der Waals surface area contributed by atoms with Crippen molar-refractivity contribution in [2.45, 2.75) is 37.8 Å². The topological polar surface area (TPSA) is 94.3 Å². The average molecular weight is 420 g/mol. The number of aromatic nitrogens is 2. The minimum Gasteiger partial charge on any atom is -0.466 e. The molecule has 0 radical (unpaired) electrons. The van der Waals surface area contributed by atoms with E-state index in [1.807, 2.05) is 50.4 Å². The second-order valence-corrected chi connectivity index (χ2v) is 8.11. The molecule has 1 amide bonds. The molecule has 3 aromatic rings. The molecule has 2 aromatic heterocycles. The first-order valence-electron chi connectivity index (χ1n) is 9.97. The predicted octanol–water partition coefficient (Wildman–Crippen LogP) is 2.77. The normalized spacial score (nSPS) is 18.4. The van der Waals surface area contributed by atoms with Crippen molar-refractivity contribution in [2.75, 3.05) is 7.11 Å². The number of hydrogen-bond donors (Lipinski definition) is 1. The number of oxime groups is 1. The molecule has 0 fully saturated rings. The van der Waals surface area contributed by atoms with Gasteiger partial charge in [0.15, 0.2) is 0 Å². The number of carbonyl (C=O) groups is 2. The first-order valence-corrected chi connectivity index (χ1v) is 9.97. The number of amides is 1. The number of imidazole rings is 1. The molecule has 3 heterocycles. The number of nitrogens with zero attached hydrogens (tertiary/aromatic N) is 3. The van der Waals surface area contributed by atoms with Crippen LogP contribution in [-0.4, -0.2) is 45.2 Å². The molecule has 0 aliphatic carbocycles. The summed E-state index contributed by atoms with van der Waals surface area (Å²) in [5.74, 6) is -0.789. The largest absolute Gasteiger partial charge is 0.466 e. The molecule has 0 bridgehead atoms. The Labute approximate surface area is 179 Å². The molecule has 160 valence electrons. The summed E-state index contributed by atoms with van der Waals surface area (Å²) >= 11 is 0. The quantitative estimate of drug-likeness (QED) is 0.619. The summed E-state index contributed by atoms with van der Waals surface area (Å²) in [5.41, 5.74) is 0.367. The highest BCUT2D eigenvalue weighted by molar-refractivity contribution is 6.05. The lowest BCUT2D eigenvalue weighted by Crippen LogP contribution is -2.51. The third-order valence-corrected chi connectivity index (χ3v) is 5.48. The summed E-state index contributed by atoms with van der Waals surface area (Å²) in [6.07, 6.45) is 5.76. The van der Waals surface area contributed by atoms with Gasteiger partial charge in [-0.05, 0) is 31.5 Å². The van der Waals surface area contributed by atoms with Gasteiger partial charge in [0.2, 0.25) is 5.60 Å². The van der Waals surface area contributed by atoms with Crippen LogP contribution in [0.25, 0.3) is 5.65 Å². The van der Waals surface area contributed by atoms with Crippen LogP contribution in [0.15, 0.2) is 66.2 Å². The number of rotatable bonds is 6. The highest BCUT2D eigenvalue weighted by atomic mass is 16.7. The summed E-state index contributed by atoms with van der Waals surface area (Å²) in [6.45, 7) is 3.66. The fourth-order valence-electron chi connectivity index (χ4n) is 3.75. The van der Waals surface area contributed by atoms with E-state index in [0.717, 1.165) is 5.56 Å². The van der Waals surface area contributed by atoms with E-state index >= 15 is 0 Å². The van der Waals surface area contributed by atoms with Crippen molar-refractivity contribution in [3.63, 3.8) is 0 Å². The molecule has 1 aromatic carbocycles. The highest BCUT2D eigenvalue weighted by Gasteiger charge is 2.51. The third-order valence-electron chi connectivity index (χ3n) is 5.48. The molecular weight excluding hydrogens is 396 g/mol. The summed E-state index contributed by atoms with van der Waals surface area (Å²) in [6, 6.07) is 13.1. The van der Waals surface area contributed by atoms with Crippen LogP contribution in [0, 0.1) is 0 Å². The predicted molar refractivity (Wildman–Crippen MR) is 115 cm³/mol. The number of fused-ring (bicyclic) bond motifs is 1. The first kappa shape index (κ1) is 20.6. The molecule has 1 atom stereocenters. The number of nitrogens with one attached hydrogen (secondary N) is 1. The fourth-order valence-corrected chi connectivity index (χ4v) is 3.75. The zero-order valence-corrected chi connectivity index (χ0v) is 17.7. The molecule has 8 nitrogen and oxygen atoms in total. The summed E-state index contributed by atoms with van der Waals surface area (Å²) in [4.78, 5) is 35.6. The van der Waals surface area contributed by atoms with Crippen molar-refractivity contribution >= 4 is 23.2 Å². The number of carbonyl (C=O) groups excluding carboxylic acids is 2. The van der Waals surface area contributed by atoms with Crippen molar-refractivity contribution in [2.24, 2.45) is 5.16 Å². The zero-order chi connectivity index (χ0) is 22.1. The van der Waals surface area contributed by atoms with Gasteiger partial charge in [0.05, 0.1) is 23.9 Å². The van der Waals surface area contributed by atoms with Gasteiger partial charge in [0.1, 0.15) is 5.65 Å². The molecular formula is C23H24N4O4. The molecule has 0 saturated heterocycles. The Bertz CT molecular complexity index is 1150. The molecule has 8 heteroatoms. The van der Waals surface area contributed by atoms with Crippen LogP contribution in [0.2, 0.25) is 0 Å². The molecule has 1 aliphatic heterocycles. The van der Waals surface area contributed by atoms with E-state index in [4.69, 9.17) is 9.57 Å². The van der Waals surface area contributed by atoms with Crippen molar-refractivity contribution in [3.8, 4) is 0 Å². The van der Waals surface area contributed by atoms with Crippen molar-refractivity contribution in [3.05, 3.63) is 72.2 Å². The van der Waals surface area contributed by atoms with Crippen molar-refractivity contribution < 1.29 is 19.2 Å². The lowest BCUT2D eigenvalue weighted by Gasteiger charge is -2.28. The van der Waals surface area contributed by atoms with Gasteiger partial charge in [0, 0.05) is 31.4 Å². The van der Waals surface area contributed by atoms with E-state index in [1.165, 1.54) is 7.11 Å². The zero-order valence-electron chi connectivity index (χ0n) is 17.7. The maximum absolute atomic E-state index is 13.0. The van der Waals surface area contributed by atoms with Crippen molar-refractivity contribution in [1.29, 1.82) is 0 Å². The lowest BCUT2D eigenvalue weighted by atomic mass is 9.84. The van der Waals surface area contributed by atoms with Gasteiger partial charge in [-0.2, -0.15) is 0 Å². The van der Waals surface area contributed by atoms with Crippen LogP contribution in [0.5, 0.6) is 0 Å². The smallest absolute Gasteiger partial charge is 0.353 e. The second-order valence-electron chi connectivity index (χ2n) is 8.11. The Balaban J connectivity index is 1.55. The van der Waals surface area contributed by atoms with Crippen LogP contribution >= 0.6 is 0 Å². The summed E-state index contributed by atoms with van der Waals surface area (Å²) < 4.78 is 6.80. The number of methoxy groups -OCH3 is 1. The van der Waals surface area contributed by atoms with E-state index in [1.54, 1.807) is 28.9 Å². The Kier molecular flexibility index (Phi) is 5.22. The van der Waals surface area contributed by atoms with Crippen molar-refractivity contribution in [1.82, 2.24) is 14.7 Å². The summed E-state index contributed by atoms with van der Waals surface area (Å²) in [7, 11) is 1.33. The van der Waals surface area contributed by atoms with Gasteiger partial charge in [-0.1, -0.05) is 35.5 Å². The van der Waals surface area contributed by atoms with E-state index in [-0.39, 0.29) is 12.3 Å². The highest BCUT2D eigenvalue weighted by Crippen LogP contribution is 2.33. The van der Waals surface area contributed by atoms with E-state index in [9.17, 15) is 9.59 Å². The number of ether oxygens (including phenoxy) is 1. The maximum Gasteiger partial charge on any atom is 0.353 e. The number of benzene rings is 1. The van der Waals surface area contributed by atoms with Crippen LogP contribution < -0.4 is 5.32 Å². The number of pyridine rings is 1. The van der Waals surface area contributed by atoms with Crippen LogP contribution in [0.3, 0.4) is 0 Å². The molecule has 1 aliphatic rings. The van der Waals surface area contributed by atoms with Gasteiger partial charge in [-0.15, -0.1) is 0 Å². The minimum absolute atomic E-state index is 0.204. The van der Waals surface area contributed by atoms with Crippen LogP contribution in [0.4, 0.5) is 0 Å². The molecule has 0 saturated carbocycles. The van der Waals surface area contributed by atoms with Gasteiger partial charge < -0.3 is 19.3 Å². The lowest BCUT2D eigenvalue weighted by molar-refractivity contribution is -0.166. The maximum atomic E-state index is 13.0. The Morgan fingerprint density at radius 3 is 2.71 bits per heavy atom. The third kappa shape index (κ3) is 3.88. The molecule has 4 rings (SSSR count). The average Bonchev–Trinajstić information content (AvgIpc) is 3.41. The van der Waals surface area contributed by atoms with Gasteiger partial charge >= 0.3 is 5.97 Å². The first-order chi connectivity index (χ1) is 14.8. The van der Waals surface area contributed by atoms with Gasteiger partial charge in [-0.3, -0.25) is 4.79 Å². The van der Waals surface area contributed by atoms with Crippen LogP contribution in [0.1, 0.15) is 36.2 Å². The molecule has 0 spiro atoms. The van der Waals surface area contributed by atoms with E-state index in [2.05, 4.69) is 15.5 Å². The van der Waals surface area contributed by atoms with Gasteiger partial charge in [-0.25, -0.2) is 9.78 Å². The van der Waals surface area contributed by atoms with Gasteiger partial charge in [0.25, 0.3) is 5.91 Å². The molecule has 31 heavy (non-hydrogen) atoms. The SMILES string of the molecule is COC(=O)C1(Cc2ccccc2)CC(C(C)(C)NC(=O)c2cccn3ccnc23)=NO1. The minimum atomic E-state index is -1.27. The van der Waals surface area contributed by atoms with E-state index in [0.29, 0.717) is 23.3 Å². The second kappa shape index (κ2) is 7.86. The molecule has 1 N–H and O–H groups in total. The number of esters is 1.